The Bertz CT molecular complexity index is 710. The maximum Gasteiger partial charge on any atom is 0.240 e. The molecule has 21 heavy (non-hydrogen) atoms. The topological polar surface area (TPSA) is 85.1 Å². The van der Waals surface area contributed by atoms with E-state index < -0.39 is 10.0 Å². The van der Waals surface area contributed by atoms with Crippen LogP contribution < -0.4 is 10.5 Å². The Balaban J connectivity index is 2.09. The first kappa shape index (κ1) is 15.8. The number of pyridine rings is 1. The van der Waals surface area contributed by atoms with Crippen molar-refractivity contribution in [3.63, 3.8) is 0 Å². The second kappa shape index (κ2) is 6.43. The van der Waals surface area contributed by atoms with Crippen LogP contribution in [0.15, 0.2) is 41.6 Å². The maximum atomic E-state index is 12.2. The minimum Gasteiger partial charge on any atom is -0.398 e. The average molecular weight is 326 g/mol. The summed E-state index contributed by atoms with van der Waals surface area (Å²) in [5.41, 5.74) is 7.74. The van der Waals surface area contributed by atoms with Crippen molar-refractivity contribution >= 4 is 27.3 Å². The molecule has 0 aliphatic heterocycles. The van der Waals surface area contributed by atoms with Crippen molar-refractivity contribution in [2.45, 2.75) is 18.2 Å². The summed E-state index contributed by atoms with van der Waals surface area (Å²) >= 11 is 5.97. The van der Waals surface area contributed by atoms with Gasteiger partial charge in [-0.2, -0.15) is 0 Å². The number of hydrogen-bond donors (Lipinski definition) is 2. The van der Waals surface area contributed by atoms with Crippen LogP contribution in [0.2, 0.25) is 5.02 Å². The summed E-state index contributed by atoms with van der Waals surface area (Å²) in [6, 6.07) is 6.51. The van der Waals surface area contributed by atoms with Crippen LogP contribution in [0.4, 0.5) is 5.69 Å². The summed E-state index contributed by atoms with van der Waals surface area (Å²) < 4.78 is 26.9. The molecule has 0 spiro atoms. The Hall–Kier alpha value is -1.63. The molecule has 2 rings (SSSR count). The molecular weight excluding hydrogens is 310 g/mol. The van der Waals surface area contributed by atoms with E-state index in [0.29, 0.717) is 22.7 Å². The number of anilines is 1. The van der Waals surface area contributed by atoms with Crippen LogP contribution in [0.25, 0.3) is 0 Å². The van der Waals surface area contributed by atoms with E-state index >= 15 is 0 Å². The van der Waals surface area contributed by atoms with Gasteiger partial charge < -0.3 is 5.73 Å². The van der Waals surface area contributed by atoms with E-state index in [4.69, 9.17) is 17.3 Å². The lowest BCUT2D eigenvalue weighted by molar-refractivity contribution is 0.581. The zero-order valence-corrected chi connectivity index (χ0v) is 13.1. The highest BCUT2D eigenvalue weighted by atomic mass is 35.5. The standard InChI is InChI=1S/C14H16ClN3O2S/c1-10-13(15)7-12(8-14(10)16)21(19,20)18-6-4-11-3-2-5-17-9-11/h2-3,5,7-9,18H,4,6,16H2,1H3. The number of nitrogens with one attached hydrogen (secondary N) is 1. The monoisotopic (exact) mass is 325 g/mol. The molecule has 0 atom stereocenters. The fourth-order valence-electron chi connectivity index (χ4n) is 1.79. The van der Waals surface area contributed by atoms with Crippen LogP contribution in [0.1, 0.15) is 11.1 Å². The van der Waals surface area contributed by atoms with Crippen LogP contribution in [0.3, 0.4) is 0 Å². The third-order valence-electron chi connectivity index (χ3n) is 3.10. The Morgan fingerprint density at radius 1 is 1.38 bits per heavy atom. The maximum absolute atomic E-state index is 12.2. The second-order valence-electron chi connectivity index (χ2n) is 4.63. The van der Waals surface area contributed by atoms with Gasteiger partial charge in [0, 0.05) is 29.6 Å². The number of halogens is 1. The molecule has 0 aliphatic carbocycles. The molecular formula is C14H16ClN3O2S. The first-order chi connectivity index (χ1) is 9.90. The van der Waals surface area contributed by atoms with Crippen LogP contribution in [-0.2, 0) is 16.4 Å². The van der Waals surface area contributed by atoms with Crippen LogP contribution in [0.5, 0.6) is 0 Å². The number of hydrogen-bond acceptors (Lipinski definition) is 4. The zero-order chi connectivity index (χ0) is 15.5. The van der Waals surface area contributed by atoms with Crippen LogP contribution in [0, 0.1) is 6.92 Å². The highest BCUT2D eigenvalue weighted by molar-refractivity contribution is 7.89. The lowest BCUT2D eigenvalue weighted by Crippen LogP contribution is -2.26. The number of nitrogen functional groups attached to an aromatic ring is 1. The third-order valence-corrected chi connectivity index (χ3v) is 4.93. The van der Waals surface area contributed by atoms with E-state index in [2.05, 4.69) is 9.71 Å². The summed E-state index contributed by atoms with van der Waals surface area (Å²) in [4.78, 5) is 4.05. The molecule has 7 heteroatoms. The van der Waals surface area contributed by atoms with E-state index in [1.165, 1.54) is 12.1 Å². The molecule has 0 bridgehead atoms. The smallest absolute Gasteiger partial charge is 0.240 e. The van der Waals surface area contributed by atoms with E-state index in [1.807, 2.05) is 12.1 Å². The first-order valence-corrected chi connectivity index (χ1v) is 8.20. The SMILES string of the molecule is Cc1c(N)cc(S(=O)(=O)NCCc2cccnc2)cc1Cl. The largest absolute Gasteiger partial charge is 0.398 e. The molecule has 1 heterocycles. The molecule has 3 N–H and O–H groups in total. The number of nitrogens with two attached hydrogens (primary N) is 1. The van der Waals surface area contributed by atoms with Gasteiger partial charge in [0.1, 0.15) is 0 Å². The number of sulfonamides is 1. The van der Waals surface area contributed by atoms with Gasteiger partial charge >= 0.3 is 0 Å². The fourth-order valence-corrected chi connectivity index (χ4v) is 3.17. The molecule has 2 aromatic rings. The molecule has 0 unspecified atom stereocenters. The van der Waals surface area contributed by atoms with Gasteiger partial charge in [0.25, 0.3) is 0 Å². The van der Waals surface area contributed by atoms with Gasteiger partial charge in [0.15, 0.2) is 0 Å². The molecule has 0 saturated carbocycles. The quantitative estimate of drug-likeness (QED) is 0.825. The molecule has 112 valence electrons. The molecule has 0 aliphatic rings. The minimum absolute atomic E-state index is 0.0711. The predicted molar refractivity (Wildman–Crippen MR) is 83.7 cm³/mol. The van der Waals surface area contributed by atoms with E-state index in [9.17, 15) is 8.42 Å². The Labute approximate surface area is 129 Å². The van der Waals surface area contributed by atoms with Gasteiger partial charge in [-0.1, -0.05) is 17.7 Å². The molecule has 0 radical (unpaired) electrons. The summed E-state index contributed by atoms with van der Waals surface area (Å²) in [6.07, 6.45) is 3.93. The average Bonchev–Trinajstić information content (AvgIpc) is 2.45. The van der Waals surface area contributed by atoms with Gasteiger partial charge in [0.05, 0.1) is 4.90 Å². The normalized spacial score (nSPS) is 11.5. The fraction of sp³-hybridized carbons (Fsp3) is 0.214. The molecule has 0 amide bonds. The predicted octanol–water partition coefficient (Wildman–Crippen LogP) is 2.15. The van der Waals surface area contributed by atoms with Crippen molar-refractivity contribution in [3.05, 3.63) is 52.8 Å². The van der Waals surface area contributed by atoms with E-state index in [0.717, 1.165) is 5.56 Å². The van der Waals surface area contributed by atoms with Gasteiger partial charge in [0.2, 0.25) is 10.0 Å². The Morgan fingerprint density at radius 3 is 2.76 bits per heavy atom. The highest BCUT2D eigenvalue weighted by Gasteiger charge is 2.16. The van der Waals surface area contributed by atoms with Gasteiger partial charge in [-0.05, 0) is 42.7 Å². The lowest BCUT2D eigenvalue weighted by atomic mass is 10.2. The first-order valence-electron chi connectivity index (χ1n) is 6.34. The Kier molecular flexibility index (Phi) is 4.82. The molecule has 0 saturated heterocycles. The third kappa shape index (κ3) is 3.93. The van der Waals surface area contributed by atoms with Crippen molar-refractivity contribution in [2.24, 2.45) is 0 Å². The summed E-state index contributed by atoms with van der Waals surface area (Å²) in [5, 5.41) is 0.336. The molecule has 1 aromatic heterocycles. The van der Waals surface area contributed by atoms with Crippen molar-refractivity contribution < 1.29 is 8.42 Å². The van der Waals surface area contributed by atoms with E-state index in [1.54, 1.807) is 19.3 Å². The van der Waals surface area contributed by atoms with Gasteiger partial charge in [-0.25, -0.2) is 13.1 Å². The number of nitrogens with zero attached hydrogens (tertiary/aromatic N) is 1. The van der Waals surface area contributed by atoms with Crippen molar-refractivity contribution in [3.8, 4) is 0 Å². The second-order valence-corrected chi connectivity index (χ2v) is 6.80. The van der Waals surface area contributed by atoms with Gasteiger partial charge in [-0.3, -0.25) is 4.98 Å². The molecule has 0 fully saturated rings. The summed E-state index contributed by atoms with van der Waals surface area (Å²) in [5.74, 6) is 0. The lowest BCUT2D eigenvalue weighted by Gasteiger charge is -2.10. The highest BCUT2D eigenvalue weighted by Crippen LogP contribution is 2.25. The zero-order valence-electron chi connectivity index (χ0n) is 11.5. The number of benzene rings is 1. The summed E-state index contributed by atoms with van der Waals surface area (Å²) in [7, 11) is -3.63. The van der Waals surface area contributed by atoms with Crippen molar-refractivity contribution in [1.29, 1.82) is 0 Å². The number of aromatic nitrogens is 1. The van der Waals surface area contributed by atoms with Gasteiger partial charge in [-0.15, -0.1) is 0 Å². The minimum atomic E-state index is -3.63. The van der Waals surface area contributed by atoms with Crippen molar-refractivity contribution in [1.82, 2.24) is 9.71 Å². The van der Waals surface area contributed by atoms with Crippen molar-refractivity contribution in [2.75, 3.05) is 12.3 Å². The summed E-state index contributed by atoms with van der Waals surface area (Å²) in [6.45, 7) is 2.02. The van der Waals surface area contributed by atoms with Crippen LogP contribution in [-0.4, -0.2) is 19.9 Å². The number of rotatable bonds is 5. The molecule has 1 aromatic carbocycles. The Morgan fingerprint density at radius 2 is 2.14 bits per heavy atom. The van der Waals surface area contributed by atoms with Crippen LogP contribution >= 0.6 is 11.6 Å². The van der Waals surface area contributed by atoms with E-state index in [-0.39, 0.29) is 11.4 Å². The molecule has 5 nitrogen and oxygen atoms in total.